The summed E-state index contributed by atoms with van der Waals surface area (Å²) in [5.41, 5.74) is -0.936. The molecule has 2 aliphatic carbocycles. The molecule has 0 saturated heterocycles. The Labute approximate surface area is 383 Å². The maximum atomic E-state index is 14.3. The molecule has 0 radical (unpaired) electrons. The molecule has 2 aromatic rings. The minimum atomic E-state index is -0.804. The van der Waals surface area contributed by atoms with Gasteiger partial charge in [0.2, 0.25) is 11.8 Å². The number of nitrogens with zero attached hydrogens (tertiary/aromatic N) is 2. The number of halogens is 4. The van der Waals surface area contributed by atoms with Gasteiger partial charge >= 0.3 is 21.7 Å². The molecule has 2 atom stereocenters. The van der Waals surface area contributed by atoms with E-state index in [1.54, 1.807) is 0 Å². The second-order valence-electron chi connectivity index (χ2n) is 16.8. The largest absolute Gasteiger partial charge is 4.00 e. The third-order valence-corrected chi connectivity index (χ3v) is 11.5. The maximum Gasteiger partial charge on any atom is 4.00 e. The molecule has 9 heteroatoms. The van der Waals surface area contributed by atoms with E-state index < -0.39 is 34.1 Å². The number of amides is 2. The third kappa shape index (κ3) is 21.6. The van der Waals surface area contributed by atoms with E-state index in [4.69, 9.17) is 0 Å². The molecule has 0 spiro atoms. The summed E-state index contributed by atoms with van der Waals surface area (Å²) in [6, 6.07) is 9.11. The van der Waals surface area contributed by atoms with Gasteiger partial charge in [-0.2, -0.15) is 12.2 Å². The summed E-state index contributed by atoms with van der Waals surface area (Å²) in [6.45, 7) is 20.9. The van der Waals surface area contributed by atoms with Gasteiger partial charge in [-0.25, -0.2) is 41.9 Å². The summed E-state index contributed by atoms with van der Waals surface area (Å²) in [5.74, 6) is -2.35. The monoisotopic (exact) mass is 883 g/mol. The van der Waals surface area contributed by atoms with Crippen LogP contribution in [0.25, 0.3) is 0 Å². The predicted octanol–water partition coefficient (Wildman–Crippen LogP) is 14.9. The molecule has 2 amide bonds. The Balaban J connectivity index is 0.000000940. The van der Waals surface area contributed by atoms with E-state index in [1.165, 1.54) is 21.9 Å². The standard InChI is InChI=1S/2C21H32F2NO.2C5H5.Ti/c2*1-6-9-10-16(7-2)13-14-24(20(25)21(4,5)8-3)19-12-11-17(22)15-18(19)23;2*1-2-4-5-3-1;/h2*11-12,16H,6-10,13-14H2,1-5H3;2*1-3H,4H2;/q4*-1;+4. The topological polar surface area (TPSA) is 40.6 Å². The molecule has 0 aliphatic heterocycles. The summed E-state index contributed by atoms with van der Waals surface area (Å²) in [7, 11) is 0. The fraction of sp³-hybridized carbons (Fsp3) is 0.577. The molecular weight excluding hydrogens is 808 g/mol. The van der Waals surface area contributed by atoms with Crippen LogP contribution in [0.15, 0.2) is 60.7 Å². The molecule has 0 heterocycles. The molecule has 2 unspecified atom stereocenters. The van der Waals surface area contributed by atoms with Gasteiger partial charge in [0, 0.05) is 47.2 Å². The van der Waals surface area contributed by atoms with Gasteiger partial charge in [-0.3, -0.25) is 21.7 Å². The molecule has 336 valence electrons. The van der Waals surface area contributed by atoms with Gasteiger partial charge in [0.15, 0.2) is 0 Å². The van der Waals surface area contributed by atoms with E-state index in [-0.39, 0.29) is 44.9 Å². The zero-order chi connectivity index (χ0) is 45.1. The molecule has 0 fully saturated rings. The number of carbonyl (C=O) groups excluding carboxylic acids is 2. The van der Waals surface area contributed by atoms with Crippen LogP contribution in [-0.4, -0.2) is 24.9 Å². The Morgan fingerprint density at radius 1 is 0.607 bits per heavy atom. The smallest absolute Gasteiger partial charge is 0.363 e. The Kier molecular flexibility index (Phi) is 29.9. The Bertz CT molecular complexity index is 1530. The number of hydrogen-bond donors (Lipinski definition) is 0. The number of benzene rings is 2. The maximum absolute atomic E-state index is 14.3. The average molecular weight is 883 g/mol. The van der Waals surface area contributed by atoms with Gasteiger partial charge < -0.3 is 9.80 Å². The summed E-state index contributed by atoms with van der Waals surface area (Å²) in [4.78, 5) is 29.0. The normalized spacial score (nSPS) is 13.5. The van der Waals surface area contributed by atoms with Gasteiger partial charge in [0.1, 0.15) is 0 Å². The number of rotatable bonds is 20. The number of hydrogen-bond acceptors (Lipinski definition) is 2. The summed E-state index contributed by atoms with van der Waals surface area (Å²) in [6.07, 6.45) is 31.9. The van der Waals surface area contributed by atoms with Gasteiger partial charge in [-0.1, -0.05) is 121 Å². The second-order valence-corrected chi connectivity index (χ2v) is 16.8. The molecule has 0 saturated carbocycles. The minimum absolute atomic E-state index is 0. The number of allylic oxidation sites excluding steroid dienone is 8. The quantitative estimate of drug-likeness (QED) is 0.0755. The van der Waals surface area contributed by atoms with Gasteiger partial charge in [0.25, 0.3) is 0 Å². The molecule has 0 bridgehead atoms. The fourth-order valence-corrected chi connectivity index (χ4v) is 6.38. The first-order valence-corrected chi connectivity index (χ1v) is 22.3. The number of unbranched alkanes of at least 4 members (excludes halogenated alkanes) is 2. The predicted molar refractivity (Wildman–Crippen MR) is 242 cm³/mol. The fourth-order valence-electron chi connectivity index (χ4n) is 6.38. The van der Waals surface area contributed by atoms with Crippen LogP contribution in [0.4, 0.5) is 28.9 Å². The van der Waals surface area contributed by atoms with Crippen molar-refractivity contribution in [2.24, 2.45) is 22.7 Å². The first-order valence-electron chi connectivity index (χ1n) is 22.3. The minimum Gasteiger partial charge on any atom is -0.363 e. The summed E-state index contributed by atoms with van der Waals surface area (Å²) in [5, 5.41) is 0. The van der Waals surface area contributed by atoms with Crippen molar-refractivity contribution < 1.29 is 48.9 Å². The van der Waals surface area contributed by atoms with Crippen molar-refractivity contribution in [3.05, 3.63) is 108 Å². The zero-order valence-corrected chi connectivity index (χ0v) is 40.5. The van der Waals surface area contributed by atoms with E-state index >= 15 is 0 Å². The Morgan fingerprint density at radius 2 is 0.967 bits per heavy atom. The van der Waals surface area contributed by atoms with Crippen molar-refractivity contribution in [2.75, 3.05) is 22.9 Å². The van der Waals surface area contributed by atoms with E-state index in [2.05, 4.69) is 64.1 Å². The number of anilines is 2. The van der Waals surface area contributed by atoms with Crippen LogP contribution in [-0.2, 0) is 31.3 Å². The van der Waals surface area contributed by atoms with Crippen molar-refractivity contribution >= 4 is 23.2 Å². The van der Waals surface area contributed by atoms with Crippen molar-refractivity contribution in [3.8, 4) is 0 Å². The SMILES string of the molecule is CCCCC(CC)CCN(C(=O)C(C)(C)CC)c1ccc(F)[c-]c1F.CCCCC(CC)CCN(C(=O)C(C)(C)CC)c1ccc(F)[c-]c1F.[C-]1=CC=CC1.[C-]1=CC=CC1.[Ti+4]. The van der Waals surface area contributed by atoms with E-state index in [9.17, 15) is 27.2 Å². The van der Waals surface area contributed by atoms with Crippen molar-refractivity contribution in [1.29, 1.82) is 0 Å². The van der Waals surface area contributed by atoms with Crippen molar-refractivity contribution in [1.82, 2.24) is 0 Å². The zero-order valence-electron chi connectivity index (χ0n) is 39.0. The van der Waals surface area contributed by atoms with Crippen LogP contribution >= 0.6 is 0 Å². The molecular formula is C52H74F4N2O2Ti. The van der Waals surface area contributed by atoms with Crippen molar-refractivity contribution in [3.63, 3.8) is 0 Å². The van der Waals surface area contributed by atoms with Gasteiger partial charge in [-0.15, -0.1) is 49.2 Å². The van der Waals surface area contributed by atoms with Crippen LogP contribution in [0, 0.1) is 70.2 Å². The second kappa shape index (κ2) is 31.6. The molecule has 4 nitrogen and oxygen atoms in total. The van der Waals surface area contributed by atoms with E-state index in [0.717, 1.165) is 89.2 Å². The van der Waals surface area contributed by atoms with Crippen LogP contribution in [0.3, 0.4) is 0 Å². The molecule has 0 aromatic heterocycles. The van der Waals surface area contributed by atoms with Crippen LogP contribution in [0.1, 0.15) is 159 Å². The first kappa shape index (κ1) is 57.8. The third-order valence-electron chi connectivity index (χ3n) is 11.5. The van der Waals surface area contributed by atoms with Gasteiger partial charge in [0.05, 0.1) is 0 Å². The summed E-state index contributed by atoms with van der Waals surface area (Å²) >= 11 is 0. The van der Waals surface area contributed by atoms with Crippen LogP contribution < -0.4 is 9.80 Å². The Morgan fingerprint density at radius 3 is 1.20 bits per heavy atom. The van der Waals surface area contributed by atoms with Crippen LogP contribution in [0.5, 0.6) is 0 Å². The molecule has 4 rings (SSSR count). The van der Waals surface area contributed by atoms with Crippen molar-refractivity contribution in [2.45, 2.75) is 159 Å². The molecule has 61 heavy (non-hydrogen) atoms. The molecule has 2 aliphatic rings. The van der Waals surface area contributed by atoms with Crippen LogP contribution in [0.2, 0.25) is 0 Å². The first-order chi connectivity index (χ1) is 28.5. The van der Waals surface area contributed by atoms with E-state index in [0.29, 0.717) is 37.8 Å². The van der Waals surface area contributed by atoms with Gasteiger partial charge in [-0.05, 0) is 48.9 Å². The number of carbonyl (C=O) groups is 2. The molecule has 0 N–H and O–H groups in total. The molecule has 2 aromatic carbocycles. The summed E-state index contributed by atoms with van der Waals surface area (Å²) < 4.78 is 55.0. The average Bonchev–Trinajstić information content (AvgIpc) is 4.03. The Hall–Kier alpha value is -3.23. The van der Waals surface area contributed by atoms with E-state index in [1.807, 2.05) is 65.8 Å².